The lowest BCUT2D eigenvalue weighted by atomic mass is 9.98. The average Bonchev–Trinajstić information content (AvgIpc) is 2.84. The number of rotatable bonds is 8. The summed E-state index contributed by atoms with van der Waals surface area (Å²) in [5, 5.41) is 2.69. The van der Waals surface area contributed by atoms with Crippen molar-refractivity contribution in [1.82, 2.24) is 9.62 Å². The molecule has 1 fully saturated rings. The van der Waals surface area contributed by atoms with Crippen LogP contribution in [0.1, 0.15) is 25.3 Å². The molecule has 0 radical (unpaired) electrons. The highest BCUT2D eigenvalue weighted by molar-refractivity contribution is 7.89. The molecule has 1 heterocycles. The zero-order chi connectivity index (χ0) is 24.9. The van der Waals surface area contributed by atoms with Crippen LogP contribution in [0.3, 0.4) is 0 Å². The van der Waals surface area contributed by atoms with Crippen LogP contribution in [-0.2, 0) is 30.9 Å². The van der Waals surface area contributed by atoms with Crippen molar-refractivity contribution < 1.29 is 36.3 Å². The molecule has 0 saturated carbocycles. The number of carbonyl (C=O) groups is 2. The van der Waals surface area contributed by atoms with Crippen molar-refractivity contribution in [2.75, 3.05) is 20.2 Å². The molecule has 1 amide bonds. The van der Waals surface area contributed by atoms with Gasteiger partial charge in [-0.15, -0.1) is 0 Å². The molecule has 11 heteroatoms. The van der Waals surface area contributed by atoms with E-state index < -0.39 is 45.6 Å². The minimum Gasteiger partial charge on any atom is -0.496 e. The van der Waals surface area contributed by atoms with Gasteiger partial charge < -0.3 is 14.8 Å². The lowest BCUT2D eigenvalue weighted by Gasteiger charge is -2.30. The molecule has 0 aromatic heterocycles. The van der Waals surface area contributed by atoms with Gasteiger partial charge >= 0.3 is 5.97 Å². The van der Waals surface area contributed by atoms with Crippen molar-refractivity contribution in [2.24, 2.45) is 5.92 Å². The Morgan fingerprint density at radius 2 is 1.79 bits per heavy atom. The number of piperidine rings is 1. The first-order chi connectivity index (χ1) is 16.1. The smallest absolute Gasteiger partial charge is 0.309 e. The first kappa shape index (κ1) is 25.6. The Balaban J connectivity index is 1.51. The number of amides is 1. The third-order valence-electron chi connectivity index (χ3n) is 5.62. The minimum atomic E-state index is -4.03. The van der Waals surface area contributed by atoms with Crippen LogP contribution in [-0.4, -0.2) is 50.9 Å². The van der Waals surface area contributed by atoms with Crippen LogP contribution >= 0.6 is 0 Å². The van der Waals surface area contributed by atoms with Gasteiger partial charge in [-0.05, 0) is 44.0 Å². The number of sulfonamides is 1. The predicted octanol–water partition coefficient (Wildman–Crippen LogP) is 2.62. The van der Waals surface area contributed by atoms with Crippen LogP contribution in [0.4, 0.5) is 8.78 Å². The van der Waals surface area contributed by atoms with Gasteiger partial charge in [0.1, 0.15) is 5.75 Å². The second-order valence-corrected chi connectivity index (χ2v) is 9.80. The quantitative estimate of drug-likeness (QED) is 0.564. The zero-order valence-electron chi connectivity index (χ0n) is 18.8. The maximum Gasteiger partial charge on any atom is 0.309 e. The molecule has 3 rings (SSSR count). The second kappa shape index (κ2) is 10.9. The van der Waals surface area contributed by atoms with E-state index in [0.717, 1.165) is 22.0 Å². The monoisotopic (exact) mass is 496 g/mol. The fourth-order valence-electron chi connectivity index (χ4n) is 3.62. The van der Waals surface area contributed by atoms with Gasteiger partial charge in [0.25, 0.3) is 5.91 Å². The molecule has 0 spiro atoms. The lowest BCUT2D eigenvalue weighted by Crippen LogP contribution is -2.42. The van der Waals surface area contributed by atoms with Crippen LogP contribution in [0.15, 0.2) is 47.4 Å². The maximum absolute atomic E-state index is 13.5. The number of benzene rings is 2. The second-order valence-electron chi connectivity index (χ2n) is 7.86. The third-order valence-corrected chi connectivity index (χ3v) is 7.52. The molecule has 1 saturated heterocycles. The molecule has 0 bridgehead atoms. The van der Waals surface area contributed by atoms with E-state index in [0.29, 0.717) is 11.8 Å². The summed E-state index contributed by atoms with van der Waals surface area (Å²) in [7, 11) is -2.50. The highest BCUT2D eigenvalue weighted by atomic mass is 32.2. The van der Waals surface area contributed by atoms with E-state index >= 15 is 0 Å². The molecule has 1 unspecified atom stereocenters. The third kappa shape index (κ3) is 5.89. The minimum absolute atomic E-state index is 0.00940. The Bertz CT molecular complexity index is 1150. The van der Waals surface area contributed by atoms with Crippen molar-refractivity contribution in [1.29, 1.82) is 0 Å². The normalized spacial score (nSPS) is 16.0. The number of para-hydroxylation sites is 1. The highest BCUT2D eigenvalue weighted by Gasteiger charge is 2.34. The SMILES string of the molecule is COc1ccccc1CNC(=O)C(C)OC(=O)C1CCN(S(=O)(=O)c2ccc(F)c(F)c2)CC1. The Kier molecular flexibility index (Phi) is 8.21. The van der Waals surface area contributed by atoms with E-state index in [1.165, 1.54) is 14.0 Å². The molecular formula is C23H26F2N2O6S. The van der Waals surface area contributed by atoms with Gasteiger partial charge in [-0.25, -0.2) is 17.2 Å². The summed E-state index contributed by atoms with van der Waals surface area (Å²) in [6.07, 6.45) is -0.680. The van der Waals surface area contributed by atoms with E-state index in [-0.39, 0.29) is 37.4 Å². The van der Waals surface area contributed by atoms with E-state index in [2.05, 4.69) is 5.32 Å². The molecule has 1 aliphatic heterocycles. The summed E-state index contributed by atoms with van der Waals surface area (Å²) >= 11 is 0. The van der Waals surface area contributed by atoms with Crippen LogP contribution < -0.4 is 10.1 Å². The number of nitrogens with one attached hydrogen (secondary N) is 1. The van der Waals surface area contributed by atoms with E-state index in [1.54, 1.807) is 12.1 Å². The molecular weight excluding hydrogens is 470 g/mol. The van der Waals surface area contributed by atoms with Crippen LogP contribution in [0.2, 0.25) is 0 Å². The number of ether oxygens (including phenoxy) is 2. The van der Waals surface area contributed by atoms with Crippen molar-refractivity contribution in [3.05, 3.63) is 59.7 Å². The molecule has 0 aliphatic carbocycles. The molecule has 34 heavy (non-hydrogen) atoms. The number of hydrogen-bond acceptors (Lipinski definition) is 6. The summed E-state index contributed by atoms with van der Waals surface area (Å²) < 4.78 is 63.6. The number of nitrogens with zero attached hydrogens (tertiary/aromatic N) is 1. The van der Waals surface area contributed by atoms with E-state index in [1.807, 2.05) is 12.1 Å². The van der Waals surface area contributed by atoms with Gasteiger partial charge in [-0.1, -0.05) is 18.2 Å². The van der Waals surface area contributed by atoms with Crippen molar-refractivity contribution in [2.45, 2.75) is 37.3 Å². The van der Waals surface area contributed by atoms with Crippen LogP contribution in [0.25, 0.3) is 0 Å². The standard InChI is InChI=1S/C23H26F2N2O6S/c1-15(22(28)26-14-17-5-3-4-6-21(17)32-2)33-23(29)16-9-11-27(12-10-16)34(30,31)18-7-8-19(24)20(25)13-18/h3-8,13,15-16H,9-12,14H2,1-2H3,(H,26,28). The topological polar surface area (TPSA) is 102 Å². The van der Waals surface area contributed by atoms with Gasteiger partial charge in [-0.2, -0.15) is 4.31 Å². The number of hydrogen-bond donors (Lipinski definition) is 1. The molecule has 1 atom stereocenters. The molecule has 1 N–H and O–H groups in total. The highest BCUT2D eigenvalue weighted by Crippen LogP contribution is 2.26. The van der Waals surface area contributed by atoms with Crippen molar-refractivity contribution >= 4 is 21.9 Å². The first-order valence-corrected chi connectivity index (χ1v) is 12.1. The maximum atomic E-state index is 13.5. The molecule has 2 aromatic rings. The Morgan fingerprint density at radius 3 is 2.44 bits per heavy atom. The Labute approximate surface area is 196 Å². The van der Waals surface area contributed by atoms with E-state index in [9.17, 15) is 26.8 Å². The Hall–Kier alpha value is -3.05. The van der Waals surface area contributed by atoms with Crippen molar-refractivity contribution in [3.8, 4) is 5.75 Å². The van der Waals surface area contributed by atoms with Gasteiger partial charge in [-0.3, -0.25) is 9.59 Å². The van der Waals surface area contributed by atoms with Crippen LogP contribution in [0.5, 0.6) is 5.75 Å². The van der Waals surface area contributed by atoms with Gasteiger partial charge in [0, 0.05) is 25.2 Å². The summed E-state index contributed by atoms with van der Waals surface area (Å²) in [5.74, 6) is -3.42. The summed E-state index contributed by atoms with van der Waals surface area (Å²) in [6.45, 7) is 1.67. The fraction of sp³-hybridized carbons (Fsp3) is 0.391. The first-order valence-electron chi connectivity index (χ1n) is 10.7. The average molecular weight is 497 g/mol. The van der Waals surface area contributed by atoms with Gasteiger partial charge in [0.15, 0.2) is 17.7 Å². The van der Waals surface area contributed by atoms with Gasteiger partial charge in [0.2, 0.25) is 10.0 Å². The molecule has 1 aliphatic rings. The number of carbonyl (C=O) groups excluding carboxylic acids is 2. The number of esters is 1. The number of methoxy groups -OCH3 is 1. The lowest BCUT2D eigenvalue weighted by molar-refractivity contribution is -0.159. The summed E-state index contributed by atoms with van der Waals surface area (Å²) in [6, 6.07) is 9.58. The molecule has 184 valence electrons. The predicted molar refractivity (Wildman–Crippen MR) is 118 cm³/mol. The fourth-order valence-corrected chi connectivity index (χ4v) is 5.10. The molecule has 2 aromatic carbocycles. The van der Waals surface area contributed by atoms with Crippen molar-refractivity contribution in [3.63, 3.8) is 0 Å². The van der Waals surface area contributed by atoms with Gasteiger partial charge in [0.05, 0.1) is 17.9 Å². The zero-order valence-corrected chi connectivity index (χ0v) is 19.6. The summed E-state index contributed by atoms with van der Waals surface area (Å²) in [4.78, 5) is 24.5. The molecule has 8 nitrogen and oxygen atoms in total. The van der Waals surface area contributed by atoms with Crippen LogP contribution in [0, 0.1) is 17.6 Å². The Morgan fingerprint density at radius 1 is 1.12 bits per heavy atom. The summed E-state index contributed by atoms with van der Waals surface area (Å²) in [5.41, 5.74) is 0.770. The number of halogens is 2. The largest absolute Gasteiger partial charge is 0.496 e. The van der Waals surface area contributed by atoms with E-state index in [4.69, 9.17) is 9.47 Å².